The minimum atomic E-state index is -0.0123. The third kappa shape index (κ3) is 5.07. The van der Waals surface area contributed by atoms with Crippen molar-refractivity contribution in [3.05, 3.63) is 0 Å². The number of hydrogen-bond acceptors (Lipinski definition) is 2. The minimum absolute atomic E-state index is 0.0123. The summed E-state index contributed by atoms with van der Waals surface area (Å²) in [5.74, 6) is 0.199. The lowest BCUT2D eigenvalue weighted by Gasteiger charge is -2.32. The summed E-state index contributed by atoms with van der Waals surface area (Å²) in [5, 5.41) is 3.21. The molecule has 1 fully saturated rings. The van der Waals surface area contributed by atoms with Crippen LogP contribution in [0.3, 0.4) is 0 Å². The zero-order chi connectivity index (χ0) is 12.7. The summed E-state index contributed by atoms with van der Waals surface area (Å²) in [7, 11) is 0. The molecule has 0 bridgehead atoms. The van der Waals surface area contributed by atoms with Crippen LogP contribution in [0.5, 0.6) is 0 Å². The van der Waals surface area contributed by atoms with Crippen molar-refractivity contribution in [2.24, 2.45) is 0 Å². The fourth-order valence-corrected chi connectivity index (χ4v) is 2.58. The van der Waals surface area contributed by atoms with Crippen LogP contribution in [-0.4, -0.2) is 36.0 Å². The fourth-order valence-electron chi connectivity index (χ4n) is 2.58. The third-order valence-electron chi connectivity index (χ3n) is 3.84. The normalized spacial score (nSPS) is 20.9. The Bertz CT molecular complexity index is 236. The van der Waals surface area contributed by atoms with Gasteiger partial charge < -0.3 is 5.32 Å². The number of carbonyl (C=O) groups excluding carboxylic acids is 1. The summed E-state index contributed by atoms with van der Waals surface area (Å²) in [6, 6.07) is 0. The van der Waals surface area contributed by atoms with Crippen molar-refractivity contribution in [3.8, 4) is 0 Å². The van der Waals surface area contributed by atoms with Crippen LogP contribution in [0.1, 0.15) is 59.3 Å². The number of amides is 1. The number of nitrogens with one attached hydrogen (secondary N) is 1. The number of piperidine rings is 1. The molecule has 1 heterocycles. The van der Waals surface area contributed by atoms with Gasteiger partial charge in [0.1, 0.15) is 0 Å². The van der Waals surface area contributed by atoms with Crippen LogP contribution in [-0.2, 0) is 4.79 Å². The molecule has 0 saturated carbocycles. The zero-order valence-electron chi connectivity index (χ0n) is 11.7. The molecule has 3 nitrogen and oxygen atoms in total. The highest BCUT2D eigenvalue weighted by Gasteiger charge is 2.24. The van der Waals surface area contributed by atoms with Gasteiger partial charge in [0.2, 0.25) is 5.91 Å². The molecule has 3 heteroatoms. The highest BCUT2D eigenvalue weighted by atomic mass is 16.2. The Morgan fingerprint density at radius 3 is 2.41 bits per heavy atom. The van der Waals surface area contributed by atoms with E-state index >= 15 is 0 Å². The molecule has 1 aliphatic heterocycles. The summed E-state index contributed by atoms with van der Waals surface area (Å²) in [6.45, 7) is 9.24. The second-order valence-corrected chi connectivity index (χ2v) is 5.55. The monoisotopic (exact) mass is 240 g/mol. The van der Waals surface area contributed by atoms with Gasteiger partial charge in [0.05, 0.1) is 6.54 Å². The van der Waals surface area contributed by atoms with Crippen LogP contribution >= 0.6 is 0 Å². The van der Waals surface area contributed by atoms with Crippen LogP contribution in [0.2, 0.25) is 0 Å². The summed E-state index contributed by atoms with van der Waals surface area (Å²) in [4.78, 5) is 14.3. The van der Waals surface area contributed by atoms with E-state index < -0.39 is 0 Å². The first-order valence-corrected chi connectivity index (χ1v) is 7.13. The van der Waals surface area contributed by atoms with E-state index in [2.05, 4.69) is 31.0 Å². The summed E-state index contributed by atoms with van der Waals surface area (Å²) in [6.07, 6.45) is 7.00. The van der Waals surface area contributed by atoms with Crippen molar-refractivity contribution in [3.63, 3.8) is 0 Å². The lowest BCUT2D eigenvalue weighted by Crippen LogP contribution is -2.49. The van der Waals surface area contributed by atoms with Gasteiger partial charge in [-0.1, -0.05) is 26.7 Å². The van der Waals surface area contributed by atoms with Gasteiger partial charge in [0, 0.05) is 5.54 Å². The van der Waals surface area contributed by atoms with Gasteiger partial charge >= 0.3 is 0 Å². The fraction of sp³-hybridized carbons (Fsp3) is 0.929. The van der Waals surface area contributed by atoms with Gasteiger partial charge in [-0.25, -0.2) is 0 Å². The quantitative estimate of drug-likeness (QED) is 0.774. The second kappa shape index (κ2) is 7.00. The molecule has 0 aromatic carbocycles. The Labute approximate surface area is 106 Å². The molecule has 1 N–H and O–H groups in total. The average Bonchev–Trinajstić information content (AvgIpc) is 2.30. The first-order valence-electron chi connectivity index (χ1n) is 7.13. The van der Waals surface area contributed by atoms with E-state index in [1.165, 1.54) is 19.3 Å². The predicted octanol–water partition coefficient (Wildman–Crippen LogP) is 2.56. The maximum absolute atomic E-state index is 12.0. The molecule has 0 aliphatic carbocycles. The van der Waals surface area contributed by atoms with E-state index in [1.807, 2.05) is 0 Å². The number of likely N-dealkylation sites (tertiary alicyclic amines) is 1. The molecule has 0 spiro atoms. The first-order chi connectivity index (χ1) is 8.09. The van der Waals surface area contributed by atoms with Crippen LogP contribution in [0, 0.1) is 0 Å². The standard InChI is InChI=1S/C14H28N2O/c1-4-9-14(3,5-2)15-13(17)12-16-10-7-6-8-11-16/h4-12H2,1-3H3,(H,15,17). The Morgan fingerprint density at radius 1 is 1.24 bits per heavy atom. The van der Waals surface area contributed by atoms with Gasteiger partial charge in [-0.3, -0.25) is 9.69 Å². The van der Waals surface area contributed by atoms with E-state index in [4.69, 9.17) is 0 Å². The van der Waals surface area contributed by atoms with E-state index in [0.717, 1.165) is 32.4 Å². The Hall–Kier alpha value is -0.570. The number of rotatable bonds is 6. The van der Waals surface area contributed by atoms with Crippen molar-refractivity contribution >= 4 is 5.91 Å². The smallest absolute Gasteiger partial charge is 0.234 e. The molecule has 1 saturated heterocycles. The molecule has 0 radical (unpaired) electrons. The number of hydrogen-bond donors (Lipinski definition) is 1. The van der Waals surface area contributed by atoms with Gasteiger partial charge in [0.15, 0.2) is 0 Å². The van der Waals surface area contributed by atoms with Crippen molar-refractivity contribution < 1.29 is 4.79 Å². The molecule has 1 unspecified atom stereocenters. The average molecular weight is 240 g/mol. The number of carbonyl (C=O) groups is 1. The molecule has 1 aliphatic rings. The largest absolute Gasteiger partial charge is 0.350 e. The summed E-state index contributed by atoms with van der Waals surface area (Å²) in [5.41, 5.74) is -0.0123. The van der Waals surface area contributed by atoms with E-state index in [-0.39, 0.29) is 11.4 Å². The highest BCUT2D eigenvalue weighted by Crippen LogP contribution is 2.16. The molecule has 0 aromatic rings. The topological polar surface area (TPSA) is 32.3 Å². The molecule has 1 rings (SSSR count). The molecular formula is C14H28N2O. The number of nitrogens with zero attached hydrogens (tertiary/aromatic N) is 1. The molecule has 1 atom stereocenters. The minimum Gasteiger partial charge on any atom is -0.350 e. The third-order valence-corrected chi connectivity index (χ3v) is 3.84. The molecule has 17 heavy (non-hydrogen) atoms. The van der Waals surface area contributed by atoms with Crippen LogP contribution in [0.15, 0.2) is 0 Å². The van der Waals surface area contributed by atoms with Gasteiger partial charge in [0.25, 0.3) is 0 Å². The van der Waals surface area contributed by atoms with Gasteiger partial charge in [-0.05, 0) is 45.7 Å². The first kappa shape index (κ1) is 14.5. The predicted molar refractivity (Wildman–Crippen MR) is 72.0 cm³/mol. The Morgan fingerprint density at radius 2 is 1.88 bits per heavy atom. The Kier molecular flexibility index (Phi) is 5.96. The van der Waals surface area contributed by atoms with E-state index in [1.54, 1.807) is 0 Å². The Balaban J connectivity index is 2.36. The van der Waals surface area contributed by atoms with Crippen molar-refractivity contribution in [1.82, 2.24) is 10.2 Å². The van der Waals surface area contributed by atoms with Crippen molar-refractivity contribution in [1.29, 1.82) is 0 Å². The van der Waals surface area contributed by atoms with Crippen LogP contribution in [0.4, 0.5) is 0 Å². The molecule has 1 amide bonds. The van der Waals surface area contributed by atoms with Gasteiger partial charge in [-0.2, -0.15) is 0 Å². The van der Waals surface area contributed by atoms with Crippen LogP contribution < -0.4 is 5.32 Å². The lowest BCUT2D eigenvalue weighted by molar-refractivity contribution is -0.124. The maximum atomic E-state index is 12.0. The highest BCUT2D eigenvalue weighted by molar-refractivity contribution is 5.78. The van der Waals surface area contributed by atoms with E-state index in [9.17, 15) is 4.79 Å². The summed E-state index contributed by atoms with van der Waals surface area (Å²) < 4.78 is 0. The molecule has 0 aromatic heterocycles. The van der Waals surface area contributed by atoms with Crippen molar-refractivity contribution in [2.45, 2.75) is 64.8 Å². The zero-order valence-corrected chi connectivity index (χ0v) is 11.7. The van der Waals surface area contributed by atoms with Gasteiger partial charge in [-0.15, -0.1) is 0 Å². The maximum Gasteiger partial charge on any atom is 0.234 e. The van der Waals surface area contributed by atoms with Crippen molar-refractivity contribution in [2.75, 3.05) is 19.6 Å². The lowest BCUT2D eigenvalue weighted by atomic mass is 9.93. The summed E-state index contributed by atoms with van der Waals surface area (Å²) >= 11 is 0. The molecular weight excluding hydrogens is 212 g/mol. The van der Waals surface area contributed by atoms with Crippen LogP contribution in [0.25, 0.3) is 0 Å². The van der Waals surface area contributed by atoms with E-state index in [0.29, 0.717) is 6.54 Å². The second-order valence-electron chi connectivity index (χ2n) is 5.55. The SMILES string of the molecule is CCCC(C)(CC)NC(=O)CN1CCCCC1. The molecule has 100 valence electrons.